The smallest absolute Gasteiger partial charge is 0.143 e. The maximum Gasteiger partial charge on any atom is 0.143 e. The number of para-hydroxylation sites is 2. The maximum atomic E-state index is 9.54. The summed E-state index contributed by atoms with van der Waals surface area (Å²) in [5.41, 5.74) is 3.92. The van der Waals surface area contributed by atoms with Crippen LogP contribution in [0.5, 0.6) is 0 Å². The summed E-state index contributed by atoms with van der Waals surface area (Å²) in [6.45, 7) is 0. The van der Waals surface area contributed by atoms with Gasteiger partial charge in [-0.15, -0.1) is 0 Å². The summed E-state index contributed by atoms with van der Waals surface area (Å²) in [5.74, 6) is 0. The fourth-order valence-electron chi connectivity index (χ4n) is 6.97. The van der Waals surface area contributed by atoms with E-state index in [1.807, 2.05) is 121 Å². The predicted molar refractivity (Wildman–Crippen MR) is 220 cm³/mol. The Hall–Kier alpha value is -6.90. The largest absolute Gasteiger partial charge is 0.455 e. The van der Waals surface area contributed by atoms with Gasteiger partial charge in [0.05, 0.1) is 11.0 Å². The van der Waals surface area contributed by atoms with Crippen molar-refractivity contribution >= 4 is 60.5 Å². The molecule has 244 valence electrons. The molecular weight excluding hydrogens is 631 g/mol. The average molecular weight is 672 g/mol. The lowest BCUT2D eigenvalue weighted by Gasteiger charge is -2.26. The second-order valence-corrected chi connectivity index (χ2v) is 12.7. The molecule has 10 aromatic rings. The molecule has 1 aromatic heterocycles. The fraction of sp³-hybridized carbons (Fsp3) is 0. The first-order valence-corrected chi connectivity index (χ1v) is 17.1. The van der Waals surface area contributed by atoms with Crippen LogP contribution in [0.3, 0.4) is 0 Å². The van der Waals surface area contributed by atoms with E-state index in [1.165, 1.54) is 4.90 Å². The van der Waals surface area contributed by atoms with Crippen LogP contribution in [0.2, 0.25) is 0 Å². The van der Waals surface area contributed by atoms with Crippen LogP contribution in [0, 0.1) is 0 Å². The number of benzene rings is 9. The number of anilines is 3. The second kappa shape index (κ2) is 12.5. The molecule has 0 radical (unpaired) electrons. The summed E-state index contributed by atoms with van der Waals surface area (Å²) < 4.78 is 82.0. The first kappa shape index (κ1) is 22.7. The molecule has 0 aliphatic heterocycles. The summed E-state index contributed by atoms with van der Waals surface area (Å²) in [6.07, 6.45) is 0. The molecule has 0 atom stereocenters. The summed E-state index contributed by atoms with van der Waals surface area (Å²) in [6, 6.07) is 44.3. The van der Waals surface area contributed by atoms with Crippen molar-refractivity contribution < 1.29 is 15.4 Å². The Bertz CT molecular complexity index is 3190. The average Bonchev–Trinajstić information content (AvgIpc) is 3.66. The summed E-state index contributed by atoms with van der Waals surface area (Å²) in [4.78, 5) is 1.35. The Kier molecular flexibility index (Phi) is 5.45. The van der Waals surface area contributed by atoms with Crippen LogP contribution in [-0.2, 0) is 0 Å². The third-order valence-corrected chi connectivity index (χ3v) is 9.57. The molecule has 0 saturated heterocycles. The van der Waals surface area contributed by atoms with E-state index in [-0.39, 0.29) is 46.7 Å². The molecule has 0 amide bonds. The lowest BCUT2D eigenvalue weighted by Crippen LogP contribution is -2.10. The first-order chi connectivity index (χ1) is 29.1. The van der Waals surface area contributed by atoms with E-state index in [1.54, 1.807) is 30.3 Å². The molecule has 1 heterocycles. The Labute approximate surface area is 313 Å². The van der Waals surface area contributed by atoms with E-state index < -0.39 is 24.2 Å². The zero-order valence-electron chi connectivity index (χ0n) is 35.8. The Balaban J connectivity index is 1.22. The van der Waals surface area contributed by atoms with Crippen molar-refractivity contribution in [1.29, 1.82) is 0 Å². The van der Waals surface area contributed by atoms with Crippen LogP contribution in [0.15, 0.2) is 204 Å². The molecule has 2 heteroatoms. The van der Waals surface area contributed by atoms with Gasteiger partial charge in [0.1, 0.15) is 11.2 Å². The number of furan rings is 1. The van der Waals surface area contributed by atoms with Crippen LogP contribution in [0.1, 0.15) is 11.0 Å². The molecule has 0 aliphatic rings. The van der Waals surface area contributed by atoms with Gasteiger partial charge in [0.25, 0.3) is 0 Å². The van der Waals surface area contributed by atoms with Gasteiger partial charge in [-0.1, -0.05) is 145 Å². The van der Waals surface area contributed by atoms with Crippen molar-refractivity contribution in [2.75, 3.05) is 4.90 Å². The number of hydrogen-bond donors (Lipinski definition) is 0. The topological polar surface area (TPSA) is 16.4 Å². The van der Waals surface area contributed by atoms with Gasteiger partial charge in [-0.3, -0.25) is 0 Å². The Morgan fingerprint density at radius 3 is 1.54 bits per heavy atom. The summed E-state index contributed by atoms with van der Waals surface area (Å²) in [5, 5.41) is 5.56. The third-order valence-electron chi connectivity index (χ3n) is 9.57. The number of fused-ring (bicyclic) bond motifs is 5. The normalized spacial score (nSPS) is 13.6. The van der Waals surface area contributed by atoms with Gasteiger partial charge >= 0.3 is 0 Å². The van der Waals surface area contributed by atoms with E-state index in [0.717, 1.165) is 43.5 Å². The van der Waals surface area contributed by atoms with Crippen molar-refractivity contribution in [2.45, 2.75) is 0 Å². The Morgan fingerprint density at radius 1 is 0.365 bits per heavy atom. The zero-order valence-corrected chi connectivity index (χ0v) is 27.8. The lowest BCUT2D eigenvalue weighted by molar-refractivity contribution is 0.670. The lowest BCUT2D eigenvalue weighted by atomic mass is 9.99. The highest BCUT2D eigenvalue weighted by atomic mass is 16.3. The van der Waals surface area contributed by atoms with Gasteiger partial charge in [-0.05, 0) is 104 Å². The highest BCUT2D eigenvalue weighted by Crippen LogP contribution is 2.41. The van der Waals surface area contributed by atoms with Gasteiger partial charge < -0.3 is 9.32 Å². The van der Waals surface area contributed by atoms with Crippen molar-refractivity contribution in [3.05, 3.63) is 200 Å². The number of rotatable bonds is 6. The molecule has 0 bridgehead atoms. The van der Waals surface area contributed by atoms with Crippen LogP contribution in [0.25, 0.3) is 76.9 Å². The quantitative estimate of drug-likeness (QED) is 0.175. The molecule has 9 aromatic carbocycles. The predicted octanol–water partition coefficient (Wildman–Crippen LogP) is 14.4. The molecule has 0 unspecified atom stereocenters. The van der Waals surface area contributed by atoms with Crippen molar-refractivity contribution in [3.8, 4) is 33.4 Å². The van der Waals surface area contributed by atoms with Gasteiger partial charge in [-0.2, -0.15) is 0 Å². The van der Waals surface area contributed by atoms with Crippen LogP contribution in [-0.4, -0.2) is 0 Å². The van der Waals surface area contributed by atoms with Crippen LogP contribution in [0.4, 0.5) is 17.1 Å². The SMILES string of the molecule is [2H]c1c([2H])c(N(c2cccc(-c3cccc4c3oc3ccccc34)c2)c2c([2H])c([2H])c(-c3ccc4ccccc4c3)c([2H])c2[2H])c([2H])c([2H])c1-c1ccc2ccccc2c1. The van der Waals surface area contributed by atoms with Crippen LogP contribution >= 0.6 is 0 Å². The van der Waals surface area contributed by atoms with Crippen molar-refractivity contribution in [3.63, 3.8) is 0 Å². The van der Waals surface area contributed by atoms with Gasteiger partial charge in [-0.25, -0.2) is 0 Å². The minimum Gasteiger partial charge on any atom is -0.455 e. The van der Waals surface area contributed by atoms with E-state index in [9.17, 15) is 11.0 Å². The van der Waals surface area contributed by atoms with Crippen LogP contribution < -0.4 is 4.90 Å². The minimum atomic E-state index is -0.403. The number of nitrogens with zero attached hydrogens (tertiary/aromatic N) is 1. The zero-order chi connectivity index (χ0) is 41.4. The number of hydrogen-bond acceptors (Lipinski definition) is 2. The van der Waals surface area contributed by atoms with Crippen molar-refractivity contribution in [2.24, 2.45) is 0 Å². The molecule has 2 nitrogen and oxygen atoms in total. The fourth-order valence-corrected chi connectivity index (χ4v) is 6.97. The highest BCUT2D eigenvalue weighted by Gasteiger charge is 2.17. The Morgan fingerprint density at radius 2 is 0.904 bits per heavy atom. The van der Waals surface area contributed by atoms with E-state index >= 15 is 0 Å². The molecule has 0 N–H and O–H groups in total. The monoisotopic (exact) mass is 671 g/mol. The van der Waals surface area contributed by atoms with E-state index in [0.29, 0.717) is 28.0 Å². The van der Waals surface area contributed by atoms with E-state index in [2.05, 4.69) is 0 Å². The molecule has 0 fully saturated rings. The van der Waals surface area contributed by atoms with E-state index in [4.69, 9.17) is 4.42 Å². The first-order valence-electron chi connectivity index (χ1n) is 21.1. The van der Waals surface area contributed by atoms with Gasteiger partial charge in [0.15, 0.2) is 0 Å². The maximum absolute atomic E-state index is 9.54. The molecule has 10 rings (SSSR count). The molecular formula is C50H33NO. The highest BCUT2D eigenvalue weighted by molar-refractivity contribution is 6.09. The van der Waals surface area contributed by atoms with Gasteiger partial charge in [0.2, 0.25) is 0 Å². The molecule has 0 saturated carbocycles. The van der Waals surface area contributed by atoms with Gasteiger partial charge in [0, 0.05) is 33.4 Å². The summed E-state index contributed by atoms with van der Waals surface area (Å²) >= 11 is 0. The minimum absolute atomic E-state index is 0.107. The standard InChI is InChI=1S/C50H33NO/c1-3-11-38-31-40(21-19-34(38)9-1)36-23-27-43(28-24-36)51(44-29-25-37(26-30-44)41-22-20-35-10-2-4-12-39(35)32-41)45-14-7-13-42(33-45)46-16-8-17-48-47-15-5-6-18-49(47)52-50(46)48/h1-33H/i23D,24D,25D,26D,27D,28D,29D,30D. The second-order valence-electron chi connectivity index (χ2n) is 12.7. The van der Waals surface area contributed by atoms with Crippen molar-refractivity contribution in [1.82, 2.24) is 0 Å². The third kappa shape index (κ3) is 5.30. The summed E-state index contributed by atoms with van der Waals surface area (Å²) in [7, 11) is 0. The molecule has 52 heavy (non-hydrogen) atoms. The molecule has 0 spiro atoms. The molecule has 0 aliphatic carbocycles.